The average molecular weight is 295 g/mol. The van der Waals surface area contributed by atoms with Crippen molar-refractivity contribution in [1.82, 2.24) is 15.1 Å². The Morgan fingerprint density at radius 3 is 2.00 bits per heavy atom. The zero-order valence-corrected chi connectivity index (χ0v) is 11.9. The van der Waals surface area contributed by atoms with E-state index in [-0.39, 0.29) is 43.3 Å². The van der Waals surface area contributed by atoms with E-state index in [4.69, 9.17) is 0 Å². The number of rotatable bonds is 1. The van der Waals surface area contributed by atoms with Gasteiger partial charge in [-0.15, -0.1) is 37.2 Å². The van der Waals surface area contributed by atoms with Crippen molar-refractivity contribution in [2.45, 2.75) is 12.1 Å². The third kappa shape index (κ3) is 4.53. The number of aliphatic hydroxyl groups is 1. The number of halogens is 3. The normalized spacial score (nSPS) is 31.1. The summed E-state index contributed by atoms with van der Waals surface area (Å²) < 4.78 is 0. The number of aliphatic hydroxyl groups excluding tert-OH is 1. The molecule has 0 aliphatic carbocycles. The molecular formula is C9H22Cl3N3O. The van der Waals surface area contributed by atoms with E-state index in [0.717, 1.165) is 39.3 Å². The SMILES string of the molecule is CN1CCN([C@@H]2CNC[C@H]2O)CC1.Cl.Cl.Cl. The van der Waals surface area contributed by atoms with E-state index in [1.807, 2.05) is 0 Å². The van der Waals surface area contributed by atoms with Gasteiger partial charge in [0.25, 0.3) is 0 Å². The molecule has 2 aliphatic rings. The fraction of sp³-hybridized carbons (Fsp3) is 1.00. The smallest absolute Gasteiger partial charge is 0.0831 e. The van der Waals surface area contributed by atoms with Crippen molar-refractivity contribution >= 4 is 37.2 Å². The largest absolute Gasteiger partial charge is 0.390 e. The van der Waals surface area contributed by atoms with Crippen LogP contribution < -0.4 is 5.32 Å². The molecule has 2 N–H and O–H groups in total. The summed E-state index contributed by atoms with van der Waals surface area (Å²) in [5.74, 6) is 0. The first-order valence-corrected chi connectivity index (χ1v) is 5.09. The Labute approximate surface area is 116 Å². The van der Waals surface area contributed by atoms with Crippen LogP contribution in [0.1, 0.15) is 0 Å². The Kier molecular flexibility index (Phi) is 10.4. The molecule has 2 rings (SSSR count). The van der Waals surface area contributed by atoms with Crippen molar-refractivity contribution < 1.29 is 5.11 Å². The maximum atomic E-state index is 9.69. The standard InChI is InChI=1S/C9H19N3O.3ClH/c1-11-2-4-12(5-3-11)8-6-10-7-9(8)13;;;/h8-10,13H,2-7H2,1H3;3*1H/t8-,9-;;;/m1.../s1. The molecule has 2 saturated heterocycles. The number of hydrogen-bond donors (Lipinski definition) is 2. The molecule has 0 saturated carbocycles. The van der Waals surface area contributed by atoms with Crippen molar-refractivity contribution in [3.63, 3.8) is 0 Å². The zero-order chi connectivity index (χ0) is 9.26. The van der Waals surface area contributed by atoms with E-state index in [1.165, 1.54) is 0 Å². The van der Waals surface area contributed by atoms with Crippen molar-refractivity contribution in [3.8, 4) is 0 Å². The molecule has 0 spiro atoms. The van der Waals surface area contributed by atoms with Crippen molar-refractivity contribution in [1.29, 1.82) is 0 Å². The highest BCUT2D eigenvalue weighted by atomic mass is 35.5. The molecule has 4 nitrogen and oxygen atoms in total. The fourth-order valence-corrected chi connectivity index (χ4v) is 2.18. The van der Waals surface area contributed by atoms with Gasteiger partial charge in [-0.3, -0.25) is 4.90 Å². The van der Waals surface area contributed by atoms with E-state index in [9.17, 15) is 5.11 Å². The minimum atomic E-state index is -0.164. The molecule has 2 fully saturated rings. The molecule has 0 radical (unpaired) electrons. The molecule has 0 unspecified atom stereocenters. The average Bonchev–Trinajstić information content (AvgIpc) is 2.53. The highest BCUT2D eigenvalue weighted by Gasteiger charge is 2.31. The summed E-state index contributed by atoms with van der Waals surface area (Å²) in [6.45, 7) is 6.16. The van der Waals surface area contributed by atoms with Crippen LogP contribution in [0.15, 0.2) is 0 Å². The lowest BCUT2D eigenvalue weighted by Crippen LogP contribution is -2.52. The number of nitrogens with zero attached hydrogens (tertiary/aromatic N) is 2. The Bertz CT molecular complexity index is 179. The van der Waals surface area contributed by atoms with Crippen LogP contribution in [0.2, 0.25) is 0 Å². The first kappa shape index (κ1) is 19.1. The van der Waals surface area contributed by atoms with Gasteiger partial charge < -0.3 is 15.3 Å². The van der Waals surface area contributed by atoms with Gasteiger partial charge in [0.1, 0.15) is 0 Å². The quantitative estimate of drug-likeness (QED) is 0.704. The maximum absolute atomic E-state index is 9.69. The monoisotopic (exact) mass is 293 g/mol. The Morgan fingerprint density at radius 2 is 1.56 bits per heavy atom. The lowest BCUT2D eigenvalue weighted by molar-refractivity contribution is 0.0512. The topological polar surface area (TPSA) is 38.7 Å². The molecular weight excluding hydrogens is 272 g/mol. The Balaban J connectivity index is 0. The van der Waals surface area contributed by atoms with Gasteiger partial charge in [-0.05, 0) is 7.05 Å². The molecule has 0 aromatic rings. The summed E-state index contributed by atoms with van der Waals surface area (Å²) >= 11 is 0. The summed E-state index contributed by atoms with van der Waals surface area (Å²) in [7, 11) is 2.15. The van der Waals surface area contributed by atoms with Crippen LogP contribution in [0.4, 0.5) is 0 Å². The number of nitrogens with one attached hydrogen (secondary N) is 1. The Morgan fingerprint density at radius 1 is 1.00 bits per heavy atom. The minimum Gasteiger partial charge on any atom is -0.390 e. The molecule has 16 heavy (non-hydrogen) atoms. The third-order valence-corrected chi connectivity index (χ3v) is 3.16. The molecule has 2 heterocycles. The number of likely N-dealkylation sites (N-methyl/N-ethyl adjacent to an activating group) is 1. The predicted molar refractivity (Wildman–Crippen MR) is 73.5 cm³/mol. The van der Waals surface area contributed by atoms with Gasteiger partial charge in [0.15, 0.2) is 0 Å². The van der Waals surface area contributed by atoms with Crippen LogP contribution in [-0.4, -0.2) is 73.4 Å². The molecule has 100 valence electrons. The lowest BCUT2D eigenvalue weighted by atomic mass is 10.1. The highest BCUT2D eigenvalue weighted by molar-refractivity contribution is 5.86. The zero-order valence-electron chi connectivity index (χ0n) is 9.46. The summed E-state index contributed by atoms with van der Waals surface area (Å²) in [4.78, 5) is 4.75. The van der Waals surface area contributed by atoms with Crippen molar-refractivity contribution in [3.05, 3.63) is 0 Å². The van der Waals surface area contributed by atoms with Crippen molar-refractivity contribution in [2.24, 2.45) is 0 Å². The fourth-order valence-electron chi connectivity index (χ4n) is 2.18. The van der Waals surface area contributed by atoms with Gasteiger partial charge in [-0.25, -0.2) is 0 Å². The summed E-state index contributed by atoms with van der Waals surface area (Å²) in [5, 5.41) is 12.9. The van der Waals surface area contributed by atoms with Gasteiger partial charge >= 0.3 is 0 Å². The predicted octanol–water partition coefficient (Wildman–Crippen LogP) is -0.168. The lowest BCUT2D eigenvalue weighted by Gasteiger charge is -2.37. The first-order chi connectivity index (χ1) is 6.27. The second-order valence-electron chi connectivity index (χ2n) is 4.13. The van der Waals surface area contributed by atoms with Crippen LogP contribution in [0, 0.1) is 0 Å². The molecule has 7 heteroatoms. The molecule has 2 atom stereocenters. The van der Waals surface area contributed by atoms with E-state index in [1.54, 1.807) is 0 Å². The molecule has 0 aromatic carbocycles. The van der Waals surface area contributed by atoms with Gasteiger partial charge in [-0.1, -0.05) is 0 Å². The number of β-amino-alcohol motifs (C(OH)–C–C–N with tert-alkyl or cyclic N) is 1. The van der Waals surface area contributed by atoms with Crippen LogP contribution >= 0.6 is 37.2 Å². The molecule has 0 bridgehead atoms. The maximum Gasteiger partial charge on any atom is 0.0831 e. The van der Waals surface area contributed by atoms with Crippen LogP contribution in [0.25, 0.3) is 0 Å². The number of piperazine rings is 1. The van der Waals surface area contributed by atoms with Crippen LogP contribution in [0.5, 0.6) is 0 Å². The van der Waals surface area contributed by atoms with E-state index < -0.39 is 0 Å². The third-order valence-electron chi connectivity index (χ3n) is 3.16. The summed E-state index contributed by atoms with van der Waals surface area (Å²) in [5.41, 5.74) is 0. The van der Waals surface area contributed by atoms with Crippen molar-refractivity contribution in [2.75, 3.05) is 46.3 Å². The highest BCUT2D eigenvalue weighted by Crippen LogP contribution is 2.11. The van der Waals surface area contributed by atoms with E-state index in [0.29, 0.717) is 6.04 Å². The second kappa shape index (κ2) is 8.75. The second-order valence-corrected chi connectivity index (χ2v) is 4.13. The molecule has 2 aliphatic heterocycles. The van der Waals surface area contributed by atoms with Gasteiger partial charge in [-0.2, -0.15) is 0 Å². The molecule has 0 amide bonds. The summed E-state index contributed by atoms with van der Waals surface area (Å²) in [6, 6.07) is 0.355. The van der Waals surface area contributed by atoms with Gasteiger partial charge in [0.2, 0.25) is 0 Å². The van der Waals surface area contributed by atoms with Crippen LogP contribution in [-0.2, 0) is 0 Å². The van der Waals surface area contributed by atoms with Gasteiger partial charge in [0.05, 0.1) is 6.10 Å². The Hall–Kier alpha value is 0.710. The number of hydrogen-bond acceptors (Lipinski definition) is 4. The van der Waals surface area contributed by atoms with Gasteiger partial charge in [0, 0.05) is 45.3 Å². The minimum absolute atomic E-state index is 0. The van der Waals surface area contributed by atoms with Crippen LogP contribution in [0.3, 0.4) is 0 Å². The van der Waals surface area contributed by atoms with E-state index in [2.05, 4.69) is 22.2 Å². The first-order valence-electron chi connectivity index (χ1n) is 5.09. The molecule has 0 aromatic heterocycles. The van der Waals surface area contributed by atoms with E-state index >= 15 is 0 Å². The summed E-state index contributed by atoms with van der Waals surface area (Å²) in [6.07, 6.45) is -0.164.